The van der Waals surface area contributed by atoms with E-state index in [1.807, 2.05) is 0 Å². The number of rotatable bonds is 5. The van der Waals surface area contributed by atoms with Gasteiger partial charge in [0.25, 0.3) is 0 Å². The molecule has 0 heterocycles. The lowest BCUT2D eigenvalue weighted by Crippen LogP contribution is -2.52. The molecule has 0 bridgehead atoms. The van der Waals surface area contributed by atoms with Crippen molar-refractivity contribution in [1.29, 1.82) is 0 Å². The fourth-order valence-corrected chi connectivity index (χ4v) is 1.59. The van der Waals surface area contributed by atoms with Crippen molar-refractivity contribution in [1.82, 2.24) is 5.32 Å². The number of nitrogens with zero attached hydrogens (tertiary/aromatic N) is 1. The zero-order valence-corrected chi connectivity index (χ0v) is 9.04. The van der Waals surface area contributed by atoms with E-state index in [0.29, 0.717) is 0 Å². The molecule has 0 saturated carbocycles. The minimum Gasteiger partial charge on any atom is -0.480 e. The van der Waals surface area contributed by atoms with Crippen LogP contribution in [0.2, 0.25) is 0 Å². The first kappa shape index (κ1) is 11.8. The van der Waals surface area contributed by atoms with Crippen LogP contribution in [0.5, 0.6) is 0 Å². The molecule has 0 rings (SSSR count). The first-order valence-electron chi connectivity index (χ1n) is 4.56. The fraction of sp³-hybridized carbons (Fsp3) is 0.714. The first-order valence-corrected chi connectivity index (χ1v) is 4.63. The lowest BCUT2D eigenvalue weighted by molar-refractivity contribution is -0.286. The number of carboxylic acids is 1. The molecule has 0 aliphatic heterocycles. The summed E-state index contributed by atoms with van der Waals surface area (Å²) >= 11 is 0.211. The van der Waals surface area contributed by atoms with Gasteiger partial charge in [0.15, 0.2) is 0 Å². The van der Waals surface area contributed by atoms with Gasteiger partial charge >= 0.3 is 5.97 Å². The summed E-state index contributed by atoms with van der Waals surface area (Å²) in [6.45, 7) is 2.05. The van der Waals surface area contributed by atoms with Gasteiger partial charge in [-0.25, -0.2) is 4.79 Å². The predicted octanol–water partition coefficient (Wildman–Crippen LogP) is 0.279. The summed E-state index contributed by atoms with van der Waals surface area (Å²) in [5, 5.41) is 21.2. The van der Waals surface area contributed by atoms with Crippen LogP contribution < -0.4 is 5.32 Å². The second-order valence-corrected chi connectivity index (χ2v) is 4.79. The molecule has 0 fully saturated rings. The number of nitro groups is 1. The molecule has 7 nitrogen and oxygen atoms in total. The number of nitrogens with one attached hydrogen (secondary N) is 1. The molecular weight excluding hydrogens is 224 g/mol. The van der Waals surface area contributed by atoms with Crippen LogP contribution in [0.4, 0.5) is 0 Å². The molecule has 0 saturated heterocycles. The van der Waals surface area contributed by atoms with E-state index in [4.69, 9.17) is 6.48 Å². The number of amides is 1. The van der Waals surface area contributed by atoms with Gasteiger partial charge in [0.1, 0.15) is 15.1 Å². The highest BCUT2D eigenvalue weighted by Crippen LogP contribution is 2.28. The third-order valence-electron chi connectivity index (χ3n) is 1.56. The van der Waals surface area contributed by atoms with Crippen LogP contribution in [0.15, 0.2) is 0 Å². The Morgan fingerprint density at radius 1 is 1.67 bits per heavy atom. The topological polar surface area (TPSA) is 110 Å². The van der Waals surface area contributed by atoms with Crippen molar-refractivity contribution in [2.75, 3.05) is 0 Å². The summed E-state index contributed by atoms with van der Waals surface area (Å²) in [6, 6.07) is -1.42. The van der Waals surface area contributed by atoms with Crippen LogP contribution in [0, 0.1) is 10.1 Å². The maximum Gasteiger partial charge on any atom is 0.327 e. The Balaban J connectivity index is 4.82. The largest absolute Gasteiger partial charge is 0.480 e. The van der Waals surface area contributed by atoms with E-state index in [9.17, 15) is 19.7 Å². The van der Waals surface area contributed by atoms with Crippen molar-refractivity contribution in [2.24, 2.45) is 0 Å². The predicted molar refractivity (Wildman–Crippen MR) is 53.9 cm³/mol. The Morgan fingerprint density at radius 3 is 2.53 bits per heavy atom. The lowest BCUT2D eigenvalue weighted by Gasteiger charge is -2.25. The number of hydrogen-bond donors (Lipinski definition) is 2. The van der Waals surface area contributed by atoms with E-state index >= 15 is 0 Å². The van der Waals surface area contributed by atoms with Crippen LogP contribution in [0.25, 0.3) is 0 Å². The van der Waals surface area contributed by atoms with Gasteiger partial charge in [-0.05, 0) is 13.8 Å². The summed E-state index contributed by atoms with van der Waals surface area (Å²) in [6.07, 6.45) is 0. The number of carbonyl (C=O) groups excluding carboxylic acids is 1. The molecule has 0 aromatic heterocycles. The van der Waals surface area contributed by atoms with Crippen LogP contribution in [0.3, 0.4) is 0 Å². The lowest BCUT2D eigenvalue weighted by atomic mass is 10.0. The smallest absolute Gasteiger partial charge is 0.327 e. The highest BCUT2D eigenvalue weighted by molar-refractivity contribution is 7.94. The molecule has 1 amide bonds. The zero-order chi connectivity index (χ0) is 12.9. The number of carbonyl (C=O) groups is 2. The van der Waals surface area contributed by atoms with Gasteiger partial charge in [-0.15, -0.1) is 0 Å². The van der Waals surface area contributed by atoms with Crippen molar-refractivity contribution >= 4 is 23.8 Å². The summed E-state index contributed by atoms with van der Waals surface area (Å²) in [7, 11) is 0. The molecule has 0 radical (unpaired) electrons. The van der Waals surface area contributed by atoms with E-state index in [-0.39, 0.29) is 11.9 Å². The van der Waals surface area contributed by atoms with Crippen LogP contribution in [-0.4, -0.2) is 32.1 Å². The summed E-state index contributed by atoms with van der Waals surface area (Å²) < 4.78 is 4.72. The minimum atomic E-state index is -1.42. The highest BCUT2D eigenvalue weighted by atomic mass is 32.2. The Kier molecular flexibility index (Phi) is 3.89. The quantitative estimate of drug-likeness (QED) is 0.403. The molecule has 1 atom stereocenters. The molecule has 0 unspecified atom stereocenters. The number of aliphatic carboxylic acids is 1. The van der Waals surface area contributed by atoms with Gasteiger partial charge in [0.2, 0.25) is 17.9 Å². The Labute approximate surface area is 91.9 Å². The van der Waals surface area contributed by atoms with Gasteiger partial charge in [0.05, 0.1) is 0 Å². The molecule has 0 aliphatic rings. The zero-order valence-electron chi connectivity index (χ0n) is 9.22. The molecule has 0 spiro atoms. The van der Waals surface area contributed by atoms with Crippen molar-refractivity contribution in [3.63, 3.8) is 0 Å². The Hall–Kier alpha value is -1.31. The molecule has 86 valence electrons. The van der Waals surface area contributed by atoms with Gasteiger partial charge in [-0.1, -0.05) is 0 Å². The fourth-order valence-electron chi connectivity index (χ4n) is 0.939. The number of hydrogen-bond acceptors (Lipinski definition) is 5. The molecule has 0 aliphatic carbocycles. The van der Waals surface area contributed by atoms with Gasteiger partial charge < -0.3 is 10.4 Å². The van der Waals surface area contributed by atoms with Crippen LogP contribution in [-0.2, 0) is 9.59 Å². The SMILES string of the molecule is [2H]CC(=O)N[C@H](C(=O)O)C(C)(C)S[N+](=O)[O-]. The normalized spacial score (nSPS) is 13.9. The maximum atomic E-state index is 10.9. The van der Waals surface area contributed by atoms with Gasteiger partial charge in [0, 0.05) is 8.27 Å². The van der Waals surface area contributed by atoms with Crippen molar-refractivity contribution in [3.8, 4) is 0 Å². The Bertz CT molecular complexity index is 309. The summed E-state index contributed by atoms with van der Waals surface area (Å²) in [5.74, 6) is -2.16. The summed E-state index contributed by atoms with van der Waals surface area (Å²) in [4.78, 5) is 32.1. The molecule has 8 heteroatoms. The molecule has 0 aromatic carbocycles. The second kappa shape index (κ2) is 4.96. The monoisotopic (exact) mass is 237 g/mol. The standard InChI is InChI=1S/C7H12N2O5S/c1-4(10)8-5(6(11)12)7(2,3)15-9(13)14/h5H,1-3H3,(H,8,10)(H,11,12)/t5-/m1/s1/i1D. The molecule has 2 N–H and O–H groups in total. The molecular formula is C7H12N2O5S. The average molecular weight is 237 g/mol. The summed E-state index contributed by atoms with van der Waals surface area (Å²) in [5.41, 5.74) is 0. The average Bonchev–Trinajstić information content (AvgIpc) is 2.10. The van der Waals surface area contributed by atoms with E-state index in [2.05, 4.69) is 5.32 Å². The van der Waals surface area contributed by atoms with Gasteiger partial charge in [-0.3, -0.25) is 14.9 Å². The highest BCUT2D eigenvalue weighted by Gasteiger charge is 2.42. The van der Waals surface area contributed by atoms with Crippen molar-refractivity contribution in [3.05, 3.63) is 10.1 Å². The van der Waals surface area contributed by atoms with E-state index in [1.54, 1.807) is 0 Å². The van der Waals surface area contributed by atoms with Crippen molar-refractivity contribution < 1.29 is 20.4 Å². The van der Waals surface area contributed by atoms with Crippen LogP contribution in [0.1, 0.15) is 22.1 Å². The molecule has 15 heavy (non-hydrogen) atoms. The van der Waals surface area contributed by atoms with E-state index in [1.165, 1.54) is 13.8 Å². The van der Waals surface area contributed by atoms with Crippen LogP contribution >= 0.6 is 11.9 Å². The second-order valence-electron chi connectivity index (χ2n) is 3.26. The minimum absolute atomic E-state index is 0.211. The van der Waals surface area contributed by atoms with Gasteiger partial charge in [-0.2, -0.15) is 0 Å². The van der Waals surface area contributed by atoms with E-state index in [0.717, 1.165) is 0 Å². The molecule has 0 aromatic rings. The number of carboxylic acid groups (broad SMARTS) is 1. The Morgan fingerprint density at radius 2 is 2.20 bits per heavy atom. The first-order chi connectivity index (χ1) is 7.20. The third kappa shape index (κ3) is 4.63. The van der Waals surface area contributed by atoms with Crippen molar-refractivity contribution in [2.45, 2.75) is 31.5 Å². The van der Waals surface area contributed by atoms with E-state index < -0.39 is 33.9 Å². The third-order valence-corrected chi connectivity index (χ3v) is 2.41. The maximum absolute atomic E-state index is 10.9.